The minimum atomic E-state index is -0.557. The Morgan fingerprint density at radius 1 is 1.38 bits per heavy atom. The first-order valence-electron chi connectivity index (χ1n) is 3.70. The molecule has 0 saturated carbocycles. The van der Waals surface area contributed by atoms with Crippen LogP contribution in [-0.2, 0) is 0 Å². The zero-order chi connectivity index (χ0) is 9.26. The number of rotatable bonds is 1. The van der Waals surface area contributed by atoms with Crippen LogP contribution in [0.15, 0.2) is 24.4 Å². The molecule has 0 radical (unpaired) electrons. The number of nitrogen functional groups attached to an aromatic ring is 1. The Hall–Kier alpha value is -1.91. The molecule has 5 heteroatoms. The Morgan fingerprint density at radius 2 is 2.23 bits per heavy atom. The highest BCUT2D eigenvalue weighted by Gasteiger charge is 2.11. The zero-order valence-corrected chi connectivity index (χ0v) is 6.66. The molecule has 0 aromatic carbocycles. The molecule has 0 bridgehead atoms. The molecule has 0 spiro atoms. The molecule has 66 valence electrons. The van der Waals surface area contributed by atoms with Gasteiger partial charge < -0.3 is 5.73 Å². The number of nitrogens with one attached hydrogen (secondary N) is 1. The zero-order valence-electron chi connectivity index (χ0n) is 6.66. The molecular weight excluding hydrogens is 171 g/mol. The van der Waals surface area contributed by atoms with Crippen molar-refractivity contribution in [3.05, 3.63) is 30.2 Å². The number of halogens is 1. The molecule has 2 aromatic rings. The molecule has 2 rings (SSSR count). The molecule has 0 aliphatic rings. The van der Waals surface area contributed by atoms with Crippen LogP contribution in [0, 0.1) is 5.82 Å². The molecule has 0 aliphatic carbocycles. The van der Waals surface area contributed by atoms with Crippen molar-refractivity contribution in [3.8, 4) is 11.4 Å². The van der Waals surface area contributed by atoms with E-state index in [1.54, 1.807) is 24.4 Å². The summed E-state index contributed by atoms with van der Waals surface area (Å²) < 4.78 is 13.2. The number of pyridine rings is 1. The minimum absolute atomic E-state index is 0.138. The van der Waals surface area contributed by atoms with E-state index in [0.717, 1.165) is 0 Å². The number of hydrogen-bond donors (Lipinski definition) is 2. The fourth-order valence-corrected chi connectivity index (χ4v) is 1.02. The summed E-state index contributed by atoms with van der Waals surface area (Å²) in [5.74, 6) is -0.695. The van der Waals surface area contributed by atoms with Crippen molar-refractivity contribution in [2.45, 2.75) is 0 Å². The largest absolute Gasteiger partial charge is 0.380 e. The first kappa shape index (κ1) is 7.72. The van der Waals surface area contributed by atoms with E-state index in [0.29, 0.717) is 5.69 Å². The van der Waals surface area contributed by atoms with Gasteiger partial charge in [0.1, 0.15) is 5.69 Å². The summed E-state index contributed by atoms with van der Waals surface area (Å²) in [7, 11) is 0. The second-order valence-corrected chi connectivity index (χ2v) is 2.51. The maximum atomic E-state index is 13.2. The predicted molar refractivity (Wildman–Crippen MR) is 46.2 cm³/mol. The SMILES string of the molecule is Nc1n[nH]c(-c2ccccn2)c1F. The van der Waals surface area contributed by atoms with Crippen LogP contribution >= 0.6 is 0 Å². The monoisotopic (exact) mass is 178 g/mol. The van der Waals surface area contributed by atoms with Gasteiger partial charge in [-0.3, -0.25) is 10.1 Å². The first-order chi connectivity index (χ1) is 6.29. The molecule has 13 heavy (non-hydrogen) atoms. The van der Waals surface area contributed by atoms with E-state index < -0.39 is 5.82 Å². The summed E-state index contributed by atoms with van der Waals surface area (Å²) in [5.41, 5.74) is 5.94. The van der Waals surface area contributed by atoms with Crippen molar-refractivity contribution in [1.82, 2.24) is 15.2 Å². The molecule has 2 aromatic heterocycles. The van der Waals surface area contributed by atoms with Gasteiger partial charge in [-0.1, -0.05) is 6.07 Å². The van der Waals surface area contributed by atoms with Gasteiger partial charge in [0.2, 0.25) is 0 Å². The summed E-state index contributed by atoms with van der Waals surface area (Å²) in [4.78, 5) is 3.96. The van der Waals surface area contributed by atoms with E-state index >= 15 is 0 Å². The van der Waals surface area contributed by atoms with Crippen molar-refractivity contribution >= 4 is 5.82 Å². The van der Waals surface area contributed by atoms with E-state index in [-0.39, 0.29) is 11.5 Å². The Balaban J connectivity index is 2.53. The second kappa shape index (κ2) is 2.85. The third-order valence-corrected chi connectivity index (χ3v) is 1.65. The van der Waals surface area contributed by atoms with Crippen LogP contribution < -0.4 is 5.73 Å². The standard InChI is InChI=1S/C8H7FN4/c9-6-7(12-13-8(6)10)5-3-1-2-4-11-5/h1-4H,(H3,10,12,13). The molecule has 2 heterocycles. The maximum Gasteiger partial charge on any atom is 0.194 e. The van der Waals surface area contributed by atoms with Gasteiger partial charge in [-0.15, -0.1) is 0 Å². The highest BCUT2D eigenvalue weighted by molar-refractivity contribution is 5.58. The molecule has 0 fully saturated rings. The fraction of sp³-hybridized carbons (Fsp3) is 0. The molecule has 0 amide bonds. The van der Waals surface area contributed by atoms with E-state index in [2.05, 4.69) is 15.2 Å². The lowest BCUT2D eigenvalue weighted by Crippen LogP contribution is -1.88. The Morgan fingerprint density at radius 3 is 2.77 bits per heavy atom. The predicted octanol–water partition coefficient (Wildman–Crippen LogP) is 1.19. The van der Waals surface area contributed by atoms with Crippen molar-refractivity contribution in [1.29, 1.82) is 0 Å². The lowest BCUT2D eigenvalue weighted by molar-refractivity contribution is 0.636. The lowest BCUT2D eigenvalue weighted by Gasteiger charge is -1.94. The first-order valence-corrected chi connectivity index (χ1v) is 3.70. The summed E-state index contributed by atoms with van der Waals surface area (Å²) in [6.07, 6.45) is 1.58. The van der Waals surface area contributed by atoms with Gasteiger partial charge in [-0.25, -0.2) is 4.39 Å². The van der Waals surface area contributed by atoms with Gasteiger partial charge >= 0.3 is 0 Å². The molecule has 0 atom stereocenters. The van der Waals surface area contributed by atoms with Gasteiger partial charge in [-0.05, 0) is 12.1 Å². The highest BCUT2D eigenvalue weighted by atomic mass is 19.1. The number of aromatic amines is 1. The lowest BCUT2D eigenvalue weighted by atomic mass is 10.2. The molecule has 3 N–H and O–H groups in total. The van der Waals surface area contributed by atoms with Gasteiger partial charge in [0.15, 0.2) is 11.6 Å². The van der Waals surface area contributed by atoms with Crippen molar-refractivity contribution in [2.24, 2.45) is 0 Å². The molecule has 0 saturated heterocycles. The number of hydrogen-bond acceptors (Lipinski definition) is 3. The summed E-state index contributed by atoms with van der Waals surface area (Å²) in [6.45, 7) is 0. The number of anilines is 1. The normalized spacial score (nSPS) is 10.2. The van der Waals surface area contributed by atoms with Crippen LogP contribution in [-0.4, -0.2) is 15.2 Å². The van der Waals surface area contributed by atoms with Crippen LogP contribution in [0.5, 0.6) is 0 Å². The van der Waals surface area contributed by atoms with Crippen molar-refractivity contribution in [2.75, 3.05) is 5.73 Å². The number of nitrogens with zero attached hydrogens (tertiary/aromatic N) is 2. The second-order valence-electron chi connectivity index (χ2n) is 2.51. The van der Waals surface area contributed by atoms with Gasteiger partial charge in [0.25, 0.3) is 0 Å². The molecule has 0 aliphatic heterocycles. The summed E-state index contributed by atoms with van der Waals surface area (Å²) in [6, 6.07) is 5.19. The average molecular weight is 178 g/mol. The smallest absolute Gasteiger partial charge is 0.194 e. The maximum absolute atomic E-state index is 13.2. The topological polar surface area (TPSA) is 67.6 Å². The van der Waals surface area contributed by atoms with Crippen LogP contribution in [0.3, 0.4) is 0 Å². The van der Waals surface area contributed by atoms with Crippen molar-refractivity contribution in [3.63, 3.8) is 0 Å². The van der Waals surface area contributed by atoms with E-state index in [1.165, 1.54) is 0 Å². The van der Waals surface area contributed by atoms with E-state index in [1.807, 2.05) is 0 Å². The van der Waals surface area contributed by atoms with Crippen LogP contribution in [0.1, 0.15) is 0 Å². The Kier molecular flexibility index (Phi) is 1.70. The van der Waals surface area contributed by atoms with Crippen molar-refractivity contribution < 1.29 is 4.39 Å². The van der Waals surface area contributed by atoms with Crippen LogP contribution in [0.2, 0.25) is 0 Å². The van der Waals surface area contributed by atoms with Crippen LogP contribution in [0.4, 0.5) is 10.2 Å². The summed E-state index contributed by atoms with van der Waals surface area (Å²) >= 11 is 0. The number of H-pyrrole nitrogens is 1. The van der Waals surface area contributed by atoms with Crippen LogP contribution in [0.25, 0.3) is 11.4 Å². The van der Waals surface area contributed by atoms with Gasteiger partial charge in [0.05, 0.1) is 5.69 Å². The van der Waals surface area contributed by atoms with E-state index in [9.17, 15) is 4.39 Å². The third-order valence-electron chi connectivity index (χ3n) is 1.65. The van der Waals surface area contributed by atoms with E-state index in [4.69, 9.17) is 5.73 Å². The quantitative estimate of drug-likeness (QED) is 0.689. The average Bonchev–Trinajstić information content (AvgIpc) is 2.49. The Labute approximate surface area is 73.6 Å². The molecule has 4 nitrogen and oxygen atoms in total. The number of nitrogens with two attached hydrogens (primary N) is 1. The van der Waals surface area contributed by atoms with Gasteiger partial charge in [0, 0.05) is 6.20 Å². The summed E-state index contributed by atoms with van der Waals surface area (Å²) in [5, 5.41) is 6.01. The Bertz CT molecular complexity index is 409. The third kappa shape index (κ3) is 1.24. The molecule has 0 unspecified atom stereocenters. The minimum Gasteiger partial charge on any atom is -0.380 e. The molecular formula is C8H7FN4. The number of aromatic nitrogens is 3. The fourth-order valence-electron chi connectivity index (χ4n) is 1.02. The highest BCUT2D eigenvalue weighted by Crippen LogP contribution is 2.20. The van der Waals surface area contributed by atoms with Gasteiger partial charge in [-0.2, -0.15) is 5.10 Å².